The molecule has 1 rings (SSSR count). The predicted octanol–water partition coefficient (Wildman–Crippen LogP) is 2.97. The van der Waals surface area contributed by atoms with Gasteiger partial charge in [0, 0.05) is 5.69 Å². The summed E-state index contributed by atoms with van der Waals surface area (Å²) in [5, 5.41) is 12.4. The monoisotopic (exact) mass is 221 g/mol. The number of benzene rings is 1. The summed E-state index contributed by atoms with van der Waals surface area (Å²) >= 11 is 0. The van der Waals surface area contributed by atoms with Crippen LogP contribution in [0, 0.1) is 13.8 Å². The van der Waals surface area contributed by atoms with Gasteiger partial charge in [-0.3, -0.25) is 0 Å². The summed E-state index contributed by atoms with van der Waals surface area (Å²) in [5.74, 6) is -0.822. The highest BCUT2D eigenvalue weighted by molar-refractivity contribution is 5.83. The normalized spacial score (nSPS) is 14.2. The molecule has 0 radical (unpaired) electrons. The molecule has 88 valence electrons. The number of nitrogens with one attached hydrogen (secondary N) is 1. The summed E-state index contributed by atoms with van der Waals surface area (Å²) < 4.78 is 0. The van der Waals surface area contributed by atoms with E-state index in [1.54, 1.807) is 6.92 Å². The molecule has 0 spiro atoms. The molecule has 3 nitrogen and oxygen atoms in total. The van der Waals surface area contributed by atoms with Crippen LogP contribution in [0.15, 0.2) is 18.2 Å². The molecule has 0 amide bonds. The average molecular weight is 221 g/mol. The SMILES string of the molecule is CCC(C)(Nc1c(C)cccc1C)C(=O)O. The predicted molar refractivity (Wildman–Crippen MR) is 65.9 cm³/mol. The van der Waals surface area contributed by atoms with E-state index in [4.69, 9.17) is 0 Å². The lowest BCUT2D eigenvalue weighted by atomic mass is 9.97. The van der Waals surface area contributed by atoms with E-state index in [9.17, 15) is 9.90 Å². The minimum atomic E-state index is -0.906. The molecular weight excluding hydrogens is 202 g/mol. The van der Waals surface area contributed by atoms with Crippen molar-refractivity contribution in [2.24, 2.45) is 0 Å². The molecule has 0 fully saturated rings. The smallest absolute Gasteiger partial charge is 0.329 e. The van der Waals surface area contributed by atoms with Crippen molar-refractivity contribution >= 4 is 11.7 Å². The maximum absolute atomic E-state index is 11.2. The standard InChI is InChI=1S/C13H19NO2/c1-5-13(4,12(15)16)14-11-9(2)7-6-8-10(11)3/h6-8,14H,5H2,1-4H3,(H,15,16). The molecule has 1 aromatic rings. The molecule has 16 heavy (non-hydrogen) atoms. The van der Waals surface area contributed by atoms with Crippen LogP contribution in [0.25, 0.3) is 0 Å². The number of rotatable bonds is 4. The third kappa shape index (κ3) is 2.35. The maximum atomic E-state index is 11.2. The fourth-order valence-electron chi connectivity index (χ4n) is 1.58. The zero-order valence-electron chi connectivity index (χ0n) is 10.3. The van der Waals surface area contributed by atoms with Gasteiger partial charge in [0.25, 0.3) is 0 Å². The molecular formula is C13H19NO2. The first kappa shape index (κ1) is 12.6. The molecule has 0 aliphatic carbocycles. The Morgan fingerprint density at radius 1 is 1.38 bits per heavy atom. The Hall–Kier alpha value is -1.51. The number of hydrogen-bond acceptors (Lipinski definition) is 2. The van der Waals surface area contributed by atoms with Crippen molar-refractivity contribution < 1.29 is 9.90 Å². The molecule has 1 aromatic carbocycles. The van der Waals surface area contributed by atoms with Crippen LogP contribution in [0.3, 0.4) is 0 Å². The van der Waals surface area contributed by atoms with Gasteiger partial charge in [0.2, 0.25) is 0 Å². The highest BCUT2D eigenvalue weighted by Gasteiger charge is 2.31. The highest BCUT2D eigenvalue weighted by atomic mass is 16.4. The molecule has 0 saturated heterocycles. The van der Waals surface area contributed by atoms with Gasteiger partial charge >= 0.3 is 5.97 Å². The van der Waals surface area contributed by atoms with Crippen molar-refractivity contribution in [2.75, 3.05) is 5.32 Å². The molecule has 1 atom stereocenters. The molecule has 0 heterocycles. The van der Waals surface area contributed by atoms with Gasteiger partial charge in [-0.25, -0.2) is 4.79 Å². The van der Waals surface area contributed by atoms with Gasteiger partial charge in [-0.2, -0.15) is 0 Å². The number of anilines is 1. The number of aryl methyl sites for hydroxylation is 2. The lowest BCUT2D eigenvalue weighted by Crippen LogP contribution is -2.43. The minimum absolute atomic E-state index is 0.538. The van der Waals surface area contributed by atoms with E-state index >= 15 is 0 Å². The van der Waals surface area contributed by atoms with Crippen molar-refractivity contribution in [2.45, 2.75) is 39.7 Å². The summed E-state index contributed by atoms with van der Waals surface area (Å²) in [5.41, 5.74) is 2.16. The van der Waals surface area contributed by atoms with Crippen LogP contribution in [0.2, 0.25) is 0 Å². The zero-order valence-corrected chi connectivity index (χ0v) is 10.3. The van der Waals surface area contributed by atoms with Crippen LogP contribution in [-0.4, -0.2) is 16.6 Å². The Bertz CT molecular complexity index is 381. The van der Waals surface area contributed by atoms with Gasteiger partial charge in [0.1, 0.15) is 5.54 Å². The quantitative estimate of drug-likeness (QED) is 0.821. The van der Waals surface area contributed by atoms with Crippen molar-refractivity contribution in [1.29, 1.82) is 0 Å². The number of carboxylic acids is 1. The van der Waals surface area contributed by atoms with Crippen molar-refractivity contribution in [1.82, 2.24) is 0 Å². The first-order valence-corrected chi connectivity index (χ1v) is 5.48. The fourth-order valence-corrected chi connectivity index (χ4v) is 1.58. The molecule has 0 aromatic heterocycles. The number of para-hydroxylation sites is 1. The fraction of sp³-hybridized carbons (Fsp3) is 0.462. The molecule has 0 saturated carbocycles. The van der Waals surface area contributed by atoms with Gasteiger partial charge < -0.3 is 10.4 Å². The summed E-state index contributed by atoms with van der Waals surface area (Å²) in [6.45, 7) is 7.54. The van der Waals surface area contributed by atoms with Crippen LogP contribution in [0.1, 0.15) is 31.4 Å². The first-order valence-electron chi connectivity index (χ1n) is 5.48. The van der Waals surface area contributed by atoms with E-state index in [1.165, 1.54) is 0 Å². The second-order valence-electron chi connectivity index (χ2n) is 4.38. The van der Waals surface area contributed by atoms with Crippen molar-refractivity contribution in [3.8, 4) is 0 Å². The minimum Gasteiger partial charge on any atom is -0.480 e. The van der Waals surface area contributed by atoms with Crippen molar-refractivity contribution in [3.05, 3.63) is 29.3 Å². The van der Waals surface area contributed by atoms with Gasteiger partial charge in [0.15, 0.2) is 0 Å². The van der Waals surface area contributed by atoms with Crippen molar-refractivity contribution in [3.63, 3.8) is 0 Å². The molecule has 2 N–H and O–H groups in total. The maximum Gasteiger partial charge on any atom is 0.329 e. The lowest BCUT2D eigenvalue weighted by molar-refractivity contribution is -0.141. The topological polar surface area (TPSA) is 49.3 Å². The Morgan fingerprint density at radius 2 is 1.88 bits per heavy atom. The van der Waals surface area contributed by atoms with Crippen LogP contribution >= 0.6 is 0 Å². The summed E-state index contributed by atoms with van der Waals surface area (Å²) in [6.07, 6.45) is 0.538. The number of hydrogen-bond donors (Lipinski definition) is 2. The van der Waals surface area contributed by atoms with Crippen LogP contribution < -0.4 is 5.32 Å². The second kappa shape index (κ2) is 4.56. The third-order valence-corrected chi connectivity index (χ3v) is 3.06. The summed E-state index contributed by atoms with van der Waals surface area (Å²) in [6, 6.07) is 5.93. The van der Waals surface area contributed by atoms with Gasteiger partial charge in [0.05, 0.1) is 0 Å². The molecule has 0 aliphatic rings. The first-order chi connectivity index (χ1) is 7.40. The lowest BCUT2D eigenvalue weighted by Gasteiger charge is -2.28. The summed E-state index contributed by atoms with van der Waals surface area (Å²) in [7, 11) is 0. The van der Waals surface area contributed by atoms with Gasteiger partial charge in [-0.1, -0.05) is 25.1 Å². The van der Waals surface area contributed by atoms with E-state index in [1.807, 2.05) is 39.0 Å². The van der Waals surface area contributed by atoms with Gasteiger partial charge in [-0.05, 0) is 38.3 Å². The Morgan fingerprint density at radius 3 is 2.25 bits per heavy atom. The molecule has 3 heteroatoms. The Balaban J connectivity index is 3.08. The third-order valence-electron chi connectivity index (χ3n) is 3.06. The van der Waals surface area contributed by atoms with Crippen LogP contribution in [0.4, 0.5) is 5.69 Å². The largest absolute Gasteiger partial charge is 0.480 e. The average Bonchev–Trinajstić information content (AvgIpc) is 2.23. The van der Waals surface area contributed by atoms with Gasteiger partial charge in [-0.15, -0.1) is 0 Å². The molecule has 1 unspecified atom stereocenters. The molecule has 0 bridgehead atoms. The van der Waals surface area contributed by atoms with E-state index < -0.39 is 11.5 Å². The second-order valence-corrected chi connectivity index (χ2v) is 4.38. The van der Waals surface area contributed by atoms with E-state index in [0.717, 1.165) is 16.8 Å². The van der Waals surface area contributed by atoms with Crippen LogP contribution in [-0.2, 0) is 4.79 Å². The Kier molecular flexibility index (Phi) is 3.58. The highest BCUT2D eigenvalue weighted by Crippen LogP contribution is 2.25. The van der Waals surface area contributed by atoms with E-state index in [2.05, 4.69) is 5.32 Å². The summed E-state index contributed by atoms with van der Waals surface area (Å²) in [4.78, 5) is 11.2. The molecule has 0 aliphatic heterocycles. The van der Waals surface area contributed by atoms with Crippen LogP contribution in [0.5, 0.6) is 0 Å². The van der Waals surface area contributed by atoms with E-state index in [0.29, 0.717) is 6.42 Å². The van der Waals surface area contributed by atoms with E-state index in [-0.39, 0.29) is 0 Å². The number of carboxylic acid groups (broad SMARTS) is 1. The Labute approximate surface area is 96.5 Å². The number of carbonyl (C=O) groups is 1. The zero-order chi connectivity index (χ0) is 12.3. The number of aliphatic carboxylic acids is 1.